The van der Waals surface area contributed by atoms with E-state index in [0.29, 0.717) is 16.0 Å². The molecule has 118 valence electrons. The lowest BCUT2D eigenvalue weighted by atomic mass is 10.2. The molecule has 4 nitrogen and oxygen atoms in total. The fraction of sp³-hybridized carbons (Fsp3) is 0.111. The molecule has 1 aromatic heterocycles. The Bertz CT molecular complexity index is 957. The molecule has 0 aliphatic heterocycles. The first-order chi connectivity index (χ1) is 11.0. The van der Waals surface area contributed by atoms with E-state index < -0.39 is 9.84 Å². The van der Waals surface area contributed by atoms with Crippen LogP contribution in [0.5, 0.6) is 0 Å². The van der Waals surface area contributed by atoms with Crippen LogP contribution in [0.2, 0.25) is 0 Å². The van der Waals surface area contributed by atoms with E-state index >= 15 is 0 Å². The third-order valence-corrected chi connectivity index (χ3v) is 5.50. The second-order valence-corrected chi connectivity index (χ2v) is 7.35. The molecule has 0 radical (unpaired) electrons. The van der Waals surface area contributed by atoms with E-state index in [0.717, 1.165) is 11.1 Å². The smallest absolute Gasteiger partial charge is 0.184 e. The van der Waals surface area contributed by atoms with E-state index in [9.17, 15) is 8.42 Å². The van der Waals surface area contributed by atoms with E-state index in [2.05, 4.69) is 6.58 Å². The van der Waals surface area contributed by atoms with Crippen LogP contribution in [-0.4, -0.2) is 19.5 Å². The number of para-hydroxylation sites is 1. The molecule has 0 atom stereocenters. The van der Waals surface area contributed by atoms with Crippen molar-refractivity contribution in [1.82, 2.24) is 4.57 Å². The van der Waals surface area contributed by atoms with Crippen LogP contribution >= 0.6 is 0 Å². The lowest BCUT2D eigenvalue weighted by Crippen LogP contribution is -2.07. The van der Waals surface area contributed by atoms with Gasteiger partial charge in [0.15, 0.2) is 9.84 Å². The van der Waals surface area contributed by atoms with Crippen molar-refractivity contribution in [2.24, 2.45) is 5.73 Å². The average Bonchev–Trinajstić information content (AvgIpc) is 2.95. The van der Waals surface area contributed by atoms with Crippen molar-refractivity contribution < 1.29 is 8.42 Å². The number of rotatable bonds is 5. The van der Waals surface area contributed by atoms with E-state index in [1.165, 1.54) is 0 Å². The second kappa shape index (κ2) is 6.02. The molecule has 0 spiro atoms. The summed E-state index contributed by atoms with van der Waals surface area (Å²) in [5, 5.41) is 0.693. The largest absolute Gasteiger partial charge is 0.325 e. The van der Waals surface area contributed by atoms with Gasteiger partial charge >= 0.3 is 0 Å². The molecule has 2 N–H and O–H groups in total. The zero-order chi connectivity index (χ0) is 16.4. The first-order valence-electron chi connectivity index (χ1n) is 7.28. The minimum absolute atomic E-state index is 0.0308. The van der Waals surface area contributed by atoms with Gasteiger partial charge in [-0.05, 0) is 11.6 Å². The molecule has 0 bridgehead atoms. The Morgan fingerprint density at radius 2 is 1.70 bits per heavy atom. The number of hydrogen-bond acceptors (Lipinski definition) is 3. The highest BCUT2D eigenvalue weighted by Crippen LogP contribution is 2.29. The van der Waals surface area contributed by atoms with Gasteiger partial charge in [0, 0.05) is 23.8 Å². The highest BCUT2D eigenvalue weighted by atomic mass is 32.2. The molecule has 0 saturated carbocycles. The topological polar surface area (TPSA) is 65.1 Å². The summed E-state index contributed by atoms with van der Waals surface area (Å²) in [4.78, 5) is 0.312. The Kier molecular flexibility index (Phi) is 4.07. The number of sulfone groups is 1. The lowest BCUT2D eigenvalue weighted by Gasteiger charge is -2.05. The summed E-state index contributed by atoms with van der Waals surface area (Å²) >= 11 is 0. The van der Waals surface area contributed by atoms with Crippen molar-refractivity contribution in [2.75, 3.05) is 6.54 Å². The predicted molar refractivity (Wildman–Crippen MR) is 93.7 cm³/mol. The van der Waals surface area contributed by atoms with Crippen LogP contribution in [0.1, 0.15) is 5.56 Å². The molecule has 0 fully saturated rings. The summed E-state index contributed by atoms with van der Waals surface area (Å²) in [6.45, 7) is 4.18. The molecule has 1 heterocycles. The average molecular weight is 326 g/mol. The van der Waals surface area contributed by atoms with Gasteiger partial charge < -0.3 is 10.3 Å². The minimum atomic E-state index is -3.46. The Morgan fingerprint density at radius 3 is 2.39 bits per heavy atom. The zero-order valence-electron chi connectivity index (χ0n) is 12.6. The number of benzene rings is 2. The SMILES string of the molecule is C=C(CN)n1cc(S(=O)(=O)Cc2ccccc2)c2ccccc21. The summed E-state index contributed by atoms with van der Waals surface area (Å²) in [6, 6.07) is 16.6. The monoisotopic (exact) mass is 326 g/mol. The number of hydrogen-bond donors (Lipinski definition) is 1. The van der Waals surface area contributed by atoms with Gasteiger partial charge in [0.05, 0.1) is 16.2 Å². The van der Waals surface area contributed by atoms with Crippen molar-refractivity contribution >= 4 is 26.4 Å². The van der Waals surface area contributed by atoms with E-state index in [1.54, 1.807) is 10.8 Å². The first kappa shape index (κ1) is 15.5. The molecular weight excluding hydrogens is 308 g/mol. The number of fused-ring (bicyclic) bond motifs is 1. The molecule has 3 rings (SSSR count). The van der Waals surface area contributed by atoms with Gasteiger partial charge in [0.25, 0.3) is 0 Å². The van der Waals surface area contributed by atoms with Gasteiger partial charge in [-0.1, -0.05) is 55.1 Å². The lowest BCUT2D eigenvalue weighted by molar-refractivity contribution is 0.596. The Morgan fingerprint density at radius 1 is 1.04 bits per heavy atom. The molecule has 5 heteroatoms. The summed E-state index contributed by atoms with van der Waals surface area (Å²) in [6.07, 6.45) is 1.62. The number of aromatic nitrogens is 1. The molecule has 0 saturated heterocycles. The molecule has 0 aliphatic carbocycles. The van der Waals surface area contributed by atoms with E-state index in [-0.39, 0.29) is 12.3 Å². The Balaban J connectivity index is 2.14. The van der Waals surface area contributed by atoms with Gasteiger partial charge in [-0.25, -0.2) is 8.42 Å². The van der Waals surface area contributed by atoms with Crippen molar-refractivity contribution in [3.8, 4) is 0 Å². The van der Waals surface area contributed by atoms with Crippen LogP contribution in [0, 0.1) is 0 Å². The molecule has 23 heavy (non-hydrogen) atoms. The van der Waals surface area contributed by atoms with Crippen molar-refractivity contribution in [1.29, 1.82) is 0 Å². The fourth-order valence-electron chi connectivity index (χ4n) is 2.63. The van der Waals surface area contributed by atoms with Crippen LogP contribution in [0.3, 0.4) is 0 Å². The van der Waals surface area contributed by atoms with Gasteiger partial charge in [0.2, 0.25) is 0 Å². The van der Waals surface area contributed by atoms with Crippen molar-refractivity contribution in [3.63, 3.8) is 0 Å². The Hall–Kier alpha value is -2.37. The maximum atomic E-state index is 12.9. The summed E-state index contributed by atoms with van der Waals surface area (Å²) in [5.74, 6) is -0.0308. The molecular formula is C18H18N2O2S. The van der Waals surface area contributed by atoms with Crippen LogP contribution in [0.25, 0.3) is 16.6 Å². The van der Waals surface area contributed by atoms with Gasteiger partial charge in [-0.3, -0.25) is 0 Å². The minimum Gasteiger partial charge on any atom is -0.325 e. The number of nitrogens with two attached hydrogens (primary N) is 1. The van der Waals surface area contributed by atoms with E-state index in [1.807, 2.05) is 54.6 Å². The maximum absolute atomic E-state index is 12.9. The molecule has 0 aliphatic rings. The molecule has 3 aromatic rings. The van der Waals surface area contributed by atoms with Gasteiger partial charge in [0.1, 0.15) is 0 Å². The van der Waals surface area contributed by atoms with Crippen LogP contribution in [0.15, 0.2) is 72.3 Å². The first-order valence-corrected chi connectivity index (χ1v) is 8.93. The summed E-state index contributed by atoms with van der Waals surface area (Å²) in [5.41, 5.74) is 7.89. The van der Waals surface area contributed by atoms with Crippen molar-refractivity contribution in [3.05, 3.63) is 72.9 Å². The molecule has 0 amide bonds. The standard InChI is InChI=1S/C18H18N2O2S/c1-14(11-19)20-12-18(16-9-5-6-10-17(16)20)23(21,22)13-15-7-3-2-4-8-15/h2-10,12H,1,11,13,19H2. The fourth-order valence-corrected chi connectivity index (χ4v) is 4.19. The van der Waals surface area contributed by atoms with Crippen LogP contribution in [0.4, 0.5) is 0 Å². The Labute approximate surface area is 135 Å². The van der Waals surface area contributed by atoms with Crippen LogP contribution < -0.4 is 5.73 Å². The molecule has 0 unspecified atom stereocenters. The summed E-state index contributed by atoms with van der Waals surface area (Å²) < 4.78 is 27.5. The number of nitrogens with zero attached hydrogens (tertiary/aromatic N) is 1. The summed E-state index contributed by atoms with van der Waals surface area (Å²) in [7, 11) is -3.46. The normalized spacial score (nSPS) is 11.7. The second-order valence-electron chi connectivity index (χ2n) is 5.40. The maximum Gasteiger partial charge on any atom is 0.184 e. The van der Waals surface area contributed by atoms with Crippen LogP contribution in [-0.2, 0) is 15.6 Å². The zero-order valence-corrected chi connectivity index (χ0v) is 13.5. The quantitative estimate of drug-likeness (QED) is 0.784. The highest BCUT2D eigenvalue weighted by molar-refractivity contribution is 7.90. The van der Waals surface area contributed by atoms with Crippen molar-refractivity contribution in [2.45, 2.75) is 10.6 Å². The third kappa shape index (κ3) is 2.93. The van der Waals surface area contributed by atoms with E-state index in [4.69, 9.17) is 5.73 Å². The third-order valence-electron chi connectivity index (χ3n) is 3.79. The highest BCUT2D eigenvalue weighted by Gasteiger charge is 2.22. The van der Waals surface area contributed by atoms with Gasteiger partial charge in [-0.2, -0.15) is 0 Å². The van der Waals surface area contributed by atoms with Gasteiger partial charge in [-0.15, -0.1) is 0 Å². The molecule has 2 aromatic carbocycles. The predicted octanol–water partition coefficient (Wildman–Crippen LogP) is 3.04.